The number of aliphatic hydroxyl groups is 2. The maximum absolute atomic E-state index is 13.0. The standard InChI is InChI=1S/C19H24O5/c1-11-7-15(21)17-12(9-20)3-2-4-14(17)19(11)8-16(24-18(19)22)13-5-6-23-10-13/h5-6,10-11,14-16,20-21H,2-4,7-9H2,1H3. The molecule has 0 radical (unpaired) electrons. The molecule has 5 heteroatoms. The van der Waals surface area contributed by atoms with Gasteiger partial charge in [0.15, 0.2) is 0 Å². The third-order valence-electron chi connectivity index (χ3n) is 6.45. The highest BCUT2D eigenvalue weighted by Gasteiger charge is 2.61. The molecule has 130 valence electrons. The number of aliphatic hydroxyl groups excluding tert-OH is 2. The summed E-state index contributed by atoms with van der Waals surface area (Å²) in [6, 6.07) is 1.84. The maximum atomic E-state index is 13.0. The molecule has 1 saturated carbocycles. The number of rotatable bonds is 2. The monoisotopic (exact) mass is 332 g/mol. The van der Waals surface area contributed by atoms with Crippen molar-refractivity contribution in [3.05, 3.63) is 35.3 Å². The fourth-order valence-corrected chi connectivity index (χ4v) is 5.26. The van der Waals surface area contributed by atoms with E-state index in [1.807, 2.05) is 13.0 Å². The molecule has 2 fully saturated rings. The number of furan rings is 1. The minimum atomic E-state index is -0.600. The van der Waals surface area contributed by atoms with Crippen LogP contribution in [0.2, 0.25) is 0 Å². The average Bonchev–Trinajstić information content (AvgIpc) is 3.21. The third-order valence-corrected chi connectivity index (χ3v) is 6.45. The molecule has 2 heterocycles. The molecule has 2 aliphatic carbocycles. The molecular formula is C19H24O5. The van der Waals surface area contributed by atoms with Crippen molar-refractivity contribution in [2.45, 2.75) is 51.2 Å². The topological polar surface area (TPSA) is 79.9 Å². The van der Waals surface area contributed by atoms with Crippen LogP contribution in [0.25, 0.3) is 0 Å². The van der Waals surface area contributed by atoms with Crippen LogP contribution in [0.1, 0.15) is 50.7 Å². The Kier molecular flexibility index (Phi) is 3.81. The number of hydrogen-bond acceptors (Lipinski definition) is 5. The summed E-state index contributed by atoms with van der Waals surface area (Å²) in [5, 5.41) is 20.3. The van der Waals surface area contributed by atoms with E-state index in [0.717, 1.165) is 36.0 Å². The third kappa shape index (κ3) is 2.11. The van der Waals surface area contributed by atoms with Crippen LogP contribution in [0.15, 0.2) is 34.2 Å². The van der Waals surface area contributed by atoms with Gasteiger partial charge in [0, 0.05) is 12.0 Å². The predicted octanol–water partition coefficient (Wildman–Crippen LogP) is 2.74. The van der Waals surface area contributed by atoms with Gasteiger partial charge < -0.3 is 19.4 Å². The van der Waals surface area contributed by atoms with Crippen LogP contribution in [0, 0.1) is 17.3 Å². The van der Waals surface area contributed by atoms with Gasteiger partial charge in [-0.25, -0.2) is 0 Å². The molecule has 24 heavy (non-hydrogen) atoms. The van der Waals surface area contributed by atoms with Crippen molar-refractivity contribution >= 4 is 5.97 Å². The number of hydrogen-bond donors (Lipinski definition) is 2. The second kappa shape index (κ2) is 5.74. The van der Waals surface area contributed by atoms with E-state index in [4.69, 9.17) is 9.15 Å². The summed E-state index contributed by atoms with van der Waals surface area (Å²) in [4.78, 5) is 13.0. The summed E-state index contributed by atoms with van der Waals surface area (Å²) in [6.07, 6.45) is 6.17. The van der Waals surface area contributed by atoms with Gasteiger partial charge >= 0.3 is 5.97 Å². The van der Waals surface area contributed by atoms with Crippen LogP contribution < -0.4 is 0 Å². The number of esters is 1. The van der Waals surface area contributed by atoms with Crippen molar-refractivity contribution in [3.63, 3.8) is 0 Å². The summed E-state index contributed by atoms with van der Waals surface area (Å²) in [6.45, 7) is 2.01. The number of fused-ring (bicyclic) bond motifs is 2. The first-order valence-electron chi connectivity index (χ1n) is 8.81. The Morgan fingerprint density at radius 3 is 2.96 bits per heavy atom. The van der Waals surface area contributed by atoms with Gasteiger partial charge in [-0.3, -0.25) is 4.79 Å². The van der Waals surface area contributed by atoms with Crippen molar-refractivity contribution in [2.75, 3.05) is 6.61 Å². The Morgan fingerprint density at radius 2 is 2.25 bits per heavy atom. The van der Waals surface area contributed by atoms with Crippen molar-refractivity contribution in [1.29, 1.82) is 0 Å². The summed E-state index contributed by atoms with van der Waals surface area (Å²) in [7, 11) is 0. The molecule has 4 rings (SSSR count). The zero-order chi connectivity index (χ0) is 16.9. The van der Waals surface area contributed by atoms with Crippen LogP contribution >= 0.6 is 0 Å². The molecule has 1 aliphatic heterocycles. The van der Waals surface area contributed by atoms with E-state index in [2.05, 4.69) is 0 Å². The molecule has 1 saturated heterocycles. The molecule has 0 amide bonds. The van der Waals surface area contributed by atoms with Crippen LogP contribution in [0.3, 0.4) is 0 Å². The Balaban J connectivity index is 1.77. The summed E-state index contributed by atoms with van der Waals surface area (Å²) >= 11 is 0. The van der Waals surface area contributed by atoms with E-state index in [-0.39, 0.29) is 30.5 Å². The van der Waals surface area contributed by atoms with Crippen molar-refractivity contribution in [3.8, 4) is 0 Å². The van der Waals surface area contributed by atoms with Gasteiger partial charge in [-0.15, -0.1) is 0 Å². The molecule has 5 nitrogen and oxygen atoms in total. The van der Waals surface area contributed by atoms with Gasteiger partial charge in [-0.05, 0) is 54.7 Å². The molecule has 2 N–H and O–H groups in total. The molecule has 0 bridgehead atoms. The zero-order valence-corrected chi connectivity index (χ0v) is 13.9. The Morgan fingerprint density at radius 1 is 1.42 bits per heavy atom. The highest BCUT2D eigenvalue weighted by molar-refractivity contribution is 5.81. The smallest absolute Gasteiger partial charge is 0.313 e. The minimum absolute atomic E-state index is 0.0310. The molecule has 3 aliphatic rings. The highest BCUT2D eigenvalue weighted by atomic mass is 16.6. The predicted molar refractivity (Wildman–Crippen MR) is 85.8 cm³/mol. The average molecular weight is 332 g/mol. The van der Waals surface area contributed by atoms with E-state index in [1.54, 1.807) is 12.5 Å². The van der Waals surface area contributed by atoms with Gasteiger partial charge in [0.25, 0.3) is 0 Å². The lowest BCUT2D eigenvalue weighted by atomic mass is 9.53. The molecule has 5 unspecified atom stereocenters. The summed E-state index contributed by atoms with van der Waals surface area (Å²) < 4.78 is 10.9. The first kappa shape index (κ1) is 15.9. The van der Waals surface area contributed by atoms with E-state index in [0.29, 0.717) is 12.8 Å². The van der Waals surface area contributed by atoms with E-state index in [9.17, 15) is 15.0 Å². The zero-order valence-electron chi connectivity index (χ0n) is 13.9. The van der Waals surface area contributed by atoms with E-state index >= 15 is 0 Å². The Bertz CT molecular complexity index is 661. The second-order valence-corrected chi connectivity index (χ2v) is 7.51. The van der Waals surface area contributed by atoms with Gasteiger partial charge in [-0.2, -0.15) is 0 Å². The Labute approximate surface area is 141 Å². The molecular weight excluding hydrogens is 308 g/mol. The number of ether oxygens (including phenoxy) is 1. The minimum Gasteiger partial charge on any atom is -0.472 e. The normalized spacial score (nSPS) is 39.2. The van der Waals surface area contributed by atoms with Crippen LogP contribution in [0.5, 0.6) is 0 Å². The SMILES string of the molecule is CC1CC(O)C2=C(CO)CCCC2C12CC(c1ccoc1)OC2=O. The largest absolute Gasteiger partial charge is 0.472 e. The highest BCUT2D eigenvalue weighted by Crippen LogP contribution is 2.60. The van der Waals surface area contributed by atoms with E-state index < -0.39 is 11.5 Å². The van der Waals surface area contributed by atoms with Crippen molar-refractivity contribution < 1.29 is 24.2 Å². The van der Waals surface area contributed by atoms with Crippen LogP contribution in [-0.2, 0) is 9.53 Å². The summed E-state index contributed by atoms with van der Waals surface area (Å²) in [5.74, 6) is -0.143. The van der Waals surface area contributed by atoms with Gasteiger partial charge in [0.2, 0.25) is 0 Å². The Hall–Kier alpha value is -1.59. The van der Waals surface area contributed by atoms with Crippen LogP contribution in [-0.4, -0.2) is 28.9 Å². The van der Waals surface area contributed by atoms with Gasteiger partial charge in [0.1, 0.15) is 6.10 Å². The van der Waals surface area contributed by atoms with Gasteiger partial charge in [-0.1, -0.05) is 6.92 Å². The summed E-state index contributed by atoms with van der Waals surface area (Å²) in [5.41, 5.74) is 2.12. The number of cyclic esters (lactones) is 1. The van der Waals surface area contributed by atoms with Crippen molar-refractivity contribution in [1.82, 2.24) is 0 Å². The molecule has 1 aromatic rings. The van der Waals surface area contributed by atoms with Gasteiger partial charge in [0.05, 0.1) is 30.7 Å². The number of carbonyl (C=O) groups is 1. The van der Waals surface area contributed by atoms with E-state index in [1.165, 1.54) is 0 Å². The van der Waals surface area contributed by atoms with Crippen molar-refractivity contribution in [2.24, 2.45) is 17.3 Å². The fourth-order valence-electron chi connectivity index (χ4n) is 5.26. The molecule has 1 aromatic heterocycles. The maximum Gasteiger partial charge on any atom is 0.313 e. The quantitative estimate of drug-likeness (QED) is 0.643. The first-order valence-corrected chi connectivity index (χ1v) is 8.81. The van der Waals surface area contributed by atoms with Crippen LogP contribution in [0.4, 0.5) is 0 Å². The lowest BCUT2D eigenvalue weighted by Crippen LogP contribution is -2.50. The molecule has 5 atom stereocenters. The fraction of sp³-hybridized carbons (Fsp3) is 0.632. The number of carbonyl (C=O) groups excluding carboxylic acids is 1. The molecule has 1 spiro atoms. The first-order chi connectivity index (χ1) is 11.6. The second-order valence-electron chi connectivity index (χ2n) is 7.51. The molecule has 0 aromatic carbocycles. The lowest BCUT2D eigenvalue weighted by Gasteiger charge is -2.49. The lowest BCUT2D eigenvalue weighted by molar-refractivity contribution is -0.156.